The molecule has 1 aliphatic heterocycles. The summed E-state index contributed by atoms with van der Waals surface area (Å²) in [5.74, 6) is -0.419. The molecule has 0 spiro atoms. The Morgan fingerprint density at radius 1 is 1.50 bits per heavy atom. The van der Waals surface area contributed by atoms with Crippen LogP contribution in [0.15, 0.2) is 18.3 Å². The van der Waals surface area contributed by atoms with Crippen LogP contribution in [0.1, 0.15) is 22.5 Å². The van der Waals surface area contributed by atoms with Gasteiger partial charge in [-0.25, -0.2) is 0 Å². The molecule has 0 aromatic carbocycles. The topological polar surface area (TPSA) is 68.7 Å². The number of esters is 1. The summed E-state index contributed by atoms with van der Waals surface area (Å²) in [6.07, 6.45) is 1.42. The van der Waals surface area contributed by atoms with E-state index in [2.05, 4.69) is 9.72 Å². The third kappa shape index (κ3) is 3.54. The number of carbonyl (C=O) groups is 2. The summed E-state index contributed by atoms with van der Waals surface area (Å²) in [6, 6.07) is 3.56. The van der Waals surface area contributed by atoms with E-state index in [1.165, 1.54) is 7.11 Å². The third-order valence-corrected chi connectivity index (χ3v) is 3.21. The van der Waals surface area contributed by atoms with Crippen molar-refractivity contribution in [1.82, 2.24) is 9.88 Å². The number of rotatable bonds is 3. The second kappa shape index (κ2) is 6.47. The third-order valence-electron chi connectivity index (χ3n) is 3.21. The lowest BCUT2D eigenvalue weighted by atomic mass is 10.1. The van der Waals surface area contributed by atoms with Crippen molar-refractivity contribution in [2.75, 3.05) is 26.8 Å². The Morgan fingerprint density at radius 2 is 2.30 bits per heavy atom. The van der Waals surface area contributed by atoms with E-state index in [0.29, 0.717) is 25.3 Å². The van der Waals surface area contributed by atoms with Gasteiger partial charge in [-0.05, 0) is 19.1 Å². The zero-order chi connectivity index (χ0) is 14.5. The predicted octanol–water partition coefficient (Wildman–Crippen LogP) is 0.794. The number of amides is 1. The molecule has 20 heavy (non-hydrogen) atoms. The summed E-state index contributed by atoms with van der Waals surface area (Å²) in [7, 11) is 1.34. The quantitative estimate of drug-likeness (QED) is 0.765. The van der Waals surface area contributed by atoms with Crippen molar-refractivity contribution in [3.63, 3.8) is 0 Å². The van der Waals surface area contributed by atoms with Crippen molar-refractivity contribution in [3.8, 4) is 0 Å². The molecular formula is C14H18N2O4. The summed E-state index contributed by atoms with van der Waals surface area (Å²) in [5.41, 5.74) is 1.42. The summed E-state index contributed by atoms with van der Waals surface area (Å²) in [5, 5.41) is 0. The van der Waals surface area contributed by atoms with E-state index < -0.39 is 0 Å². The maximum Gasteiger partial charge on any atom is 0.308 e. The van der Waals surface area contributed by atoms with Gasteiger partial charge < -0.3 is 14.4 Å². The maximum atomic E-state index is 12.3. The van der Waals surface area contributed by atoms with Crippen molar-refractivity contribution in [1.29, 1.82) is 0 Å². The molecule has 1 saturated heterocycles. The smallest absolute Gasteiger partial charge is 0.308 e. The van der Waals surface area contributed by atoms with Crippen LogP contribution < -0.4 is 0 Å². The first-order chi connectivity index (χ1) is 9.60. The van der Waals surface area contributed by atoms with Crippen molar-refractivity contribution < 1.29 is 19.1 Å². The Kier molecular flexibility index (Phi) is 4.68. The highest BCUT2D eigenvalue weighted by molar-refractivity contribution is 5.94. The zero-order valence-corrected chi connectivity index (χ0v) is 11.7. The van der Waals surface area contributed by atoms with E-state index >= 15 is 0 Å². The van der Waals surface area contributed by atoms with Gasteiger partial charge in [0.05, 0.1) is 31.8 Å². The molecule has 1 aromatic rings. The van der Waals surface area contributed by atoms with E-state index in [4.69, 9.17) is 4.74 Å². The van der Waals surface area contributed by atoms with Crippen LogP contribution in [0.4, 0.5) is 0 Å². The minimum absolute atomic E-state index is 0.0873. The monoisotopic (exact) mass is 278 g/mol. The molecule has 1 fully saturated rings. The molecule has 1 amide bonds. The molecule has 1 atom stereocenters. The highest BCUT2D eigenvalue weighted by Gasteiger charge is 2.27. The first kappa shape index (κ1) is 14.5. The first-order valence-electron chi connectivity index (χ1n) is 6.50. The first-order valence-corrected chi connectivity index (χ1v) is 6.50. The van der Waals surface area contributed by atoms with E-state index in [-0.39, 0.29) is 24.4 Å². The molecule has 108 valence electrons. The zero-order valence-electron chi connectivity index (χ0n) is 11.7. The van der Waals surface area contributed by atoms with Crippen LogP contribution in [0, 0.1) is 6.92 Å². The van der Waals surface area contributed by atoms with Gasteiger partial charge in [0.1, 0.15) is 0 Å². The molecular weight excluding hydrogens is 260 g/mol. The van der Waals surface area contributed by atoms with Crippen LogP contribution in [-0.4, -0.2) is 54.7 Å². The SMILES string of the molecule is COC(=O)CC1CN(C(=O)c2ccc(C)nc2)CCO1. The molecule has 1 aromatic heterocycles. The van der Waals surface area contributed by atoms with Crippen LogP contribution in [0.25, 0.3) is 0 Å². The summed E-state index contributed by atoms with van der Waals surface area (Å²) in [4.78, 5) is 29.4. The Morgan fingerprint density at radius 3 is 2.95 bits per heavy atom. The van der Waals surface area contributed by atoms with Crippen LogP contribution in [0.2, 0.25) is 0 Å². The molecule has 1 unspecified atom stereocenters. The second-order valence-corrected chi connectivity index (χ2v) is 4.71. The Bertz CT molecular complexity index is 486. The van der Waals surface area contributed by atoms with Gasteiger partial charge >= 0.3 is 5.97 Å². The van der Waals surface area contributed by atoms with Crippen molar-refractivity contribution in [2.45, 2.75) is 19.4 Å². The van der Waals surface area contributed by atoms with Crippen LogP contribution in [0.5, 0.6) is 0 Å². The summed E-state index contributed by atoms with van der Waals surface area (Å²) < 4.78 is 10.1. The molecule has 0 aliphatic carbocycles. The molecule has 1 aliphatic rings. The molecule has 0 N–H and O–H groups in total. The lowest BCUT2D eigenvalue weighted by molar-refractivity contribution is -0.145. The largest absolute Gasteiger partial charge is 0.469 e. The number of carbonyl (C=O) groups excluding carboxylic acids is 2. The van der Waals surface area contributed by atoms with Gasteiger partial charge in [-0.3, -0.25) is 14.6 Å². The predicted molar refractivity (Wildman–Crippen MR) is 71.3 cm³/mol. The number of hydrogen-bond donors (Lipinski definition) is 0. The van der Waals surface area contributed by atoms with Gasteiger partial charge in [-0.1, -0.05) is 0 Å². The van der Waals surface area contributed by atoms with Crippen LogP contribution in [0.3, 0.4) is 0 Å². The molecule has 0 radical (unpaired) electrons. The van der Waals surface area contributed by atoms with Gasteiger partial charge in [0.15, 0.2) is 0 Å². The van der Waals surface area contributed by atoms with E-state index in [0.717, 1.165) is 5.69 Å². The maximum absolute atomic E-state index is 12.3. The second-order valence-electron chi connectivity index (χ2n) is 4.71. The van der Waals surface area contributed by atoms with Crippen LogP contribution >= 0.6 is 0 Å². The fraction of sp³-hybridized carbons (Fsp3) is 0.500. The highest BCUT2D eigenvalue weighted by Crippen LogP contribution is 2.13. The number of aromatic nitrogens is 1. The average Bonchev–Trinajstić information content (AvgIpc) is 2.47. The van der Waals surface area contributed by atoms with Gasteiger partial charge in [0, 0.05) is 25.0 Å². The molecule has 6 heteroatoms. The highest BCUT2D eigenvalue weighted by atomic mass is 16.5. The van der Waals surface area contributed by atoms with E-state index in [1.807, 2.05) is 6.92 Å². The van der Waals surface area contributed by atoms with Gasteiger partial charge in [-0.15, -0.1) is 0 Å². The summed E-state index contributed by atoms with van der Waals surface area (Å²) in [6.45, 7) is 3.20. The fourth-order valence-electron chi connectivity index (χ4n) is 2.07. The molecule has 2 rings (SSSR count). The molecule has 0 bridgehead atoms. The minimum atomic E-state index is -0.332. The number of aryl methyl sites for hydroxylation is 1. The van der Waals surface area contributed by atoms with Gasteiger partial charge in [0.25, 0.3) is 5.91 Å². The molecule has 6 nitrogen and oxygen atoms in total. The lowest BCUT2D eigenvalue weighted by Crippen LogP contribution is -2.46. The number of pyridine rings is 1. The average molecular weight is 278 g/mol. The Labute approximate surface area is 117 Å². The normalized spacial score (nSPS) is 18.7. The van der Waals surface area contributed by atoms with Crippen molar-refractivity contribution in [2.24, 2.45) is 0 Å². The van der Waals surface area contributed by atoms with Crippen LogP contribution in [-0.2, 0) is 14.3 Å². The number of hydrogen-bond acceptors (Lipinski definition) is 5. The van der Waals surface area contributed by atoms with Crippen molar-refractivity contribution in [3.05, 3.63) is 29.6 Å². The van der Waals surface area contributed by atoms with Gasteiger partial charge in [-0.2, -0.15) is 0 Å². The number of morpholine rings is 1. The lowest BCUT2D eigenvalue weighted by Gasteiger charge is -2.32. The number of ether oxygens (including phenoxy) is 2. The number of nitrogens with zero attached hydrogens (tertiary/aromatic N) is 2. The summed E-state index contributed by atoms with van der Waals surface area (Å²) >= 11 is 0. The van der Waals surface area contributed by atoms with Gasteiger partial charge in [0.2, 0.25) is 0 Å². The Balaban J connectivity index is 1.99. The number of methoxy groups -OCH3 is 1. The fourth-order valence-corrected chi connectivity index (χ4v) is 2.07. The molecule has 2 heterocycles. The molecule has 0 saturated carbocycles. The van der Waals surface area contributed by atoms with Crippen molar-refractivity contribution >= 4 is 11.9 Å². The minimum Gasteiger partial charge on any atom is -0.469 e. The standard InChI is InChI=1S/C14H18N2O4/c1-10-3-4-11(8-15-10)14(18)16-5-6-20-12(9-16)7-13(17)19-2/h3-4,8,12H,5-7,9H2,1-2H3. The van der Waals surface area contributed by atoms with E-state index in [1.54, 1.807) is 23.2 Å². The van der Waals surface area contributed by atoms with E-state index in [9.17, 15) is 9.59 Å². The Hall–Kier alpha value is -1.95.